The number of rotatable bonds is 4. The van der Waals surface area contributed by atoms with E-state index in [1.54, 1.807) is 0 Å². The van der Waals surface area contributed by atoms with Crippen LogP contribution >= 0.6 is 15.9 Å². The van der Waals surface area contributed by atoms with Crippen molar-refractivity contribution >= 4 is 21.7 Å². The van der Waals surface area contributed by atoms with Crippen LogP contribution in [0.3, 0.4) is 0 Å². The Labute approximate surface area is 124 Å². The summed E-state index contributed by atoms with van der Waals surface area (Å²) in [4.78, 5) is 13.8. The van der Waals surface area contributed by atoms with Gasteiger partial charge in [0.25, 0.3) is 0 Å². The molecule has 0 amide bonds. The average molecular weight is 327 g/mol. The Morgan fingerprint density at radius 2 is 2.05 bits per heavy atom. The standard InChI is InChI=1S/C14H23BrN4/c1-4-5-13-16-12(15)10-14(17-13)19(3)11-6-8-18(2)9-7-11/h10-11H,4-9H2,1-3H3. The first kappa shape index (κ1) is 14.7. The number of anilines is 1. The fourth-order valence-corrected chi connectivity index (χ4v) is 2.95. The number of hydrogen-bond acceptors (Lipinski definition) is 4. The molecular weight excluding hydrogens is 304 g/mol. The highest BCUT2D eigenvalue weighted by molar-refractivity contribution is 9.10. The van der Waals surface area contributed by atoms with Gasteiger partial charge in [-0.3, -0.25) is 0 Å². The number of halogens is 1. The Morgan fingerprint density at radius 3 is 2.68 bits per heavy atom. The second-order valence-electron chi connectivity index (χ2n) is 5.36. The molecule has 0 radical (unpaired) electrons. The molecule has 1 aromatic heterocycles. The topological polar surface area (TPSA) is 32.3 Å². The fraction of sp³-hybridized carbons (Fsp3) is 0.714. The summed E-state index contributed by atoms with van der Waals surface area (Å²) in [5, 5.41) is 0. The van der Waals surface area contributed by atoms with E-state index >= 15 is 0 Å². The number of aromatic nitrogens is 2. The molecule has 0 aliphatic carbocycles. The first-order valence-electron chi connectivity index (χ1n) is 7.05. The van der Waals surface area contributed by atoms with Gasteiger partial charge in [-0.05, 0) is 55.3 Å². The van der Waals surface area contributed by atoms with E-state index < -0.39 is 0 Å². The molecule has 2 rings (SSSR count). The van der Waals surface area contributed by atoms with Crippen molar-refractivity contribution < 1.29 is 0 Å². The van der Waals surface area contributed by atoms with Gasteiger partial charge in [0.15, 0.2) is 0 Å². The molecule has 0 bridgehead atoms. The van der Waals surface area contributed by atoms with E-state index in [1.165, 1.54) is 25.9 Å². The molecule has 1 fully saturated rings. The van der Waals surface area contributed by atoms with Crippen LogP contribution in [-0.2, 0) is 6.42 Å². The zero-order valence-corrected chi connectivity index (χ0v) is 13.7. The SMILES string of the molecule is CCCc1nc(Br)cc(N(C)C2CCN(C)CC2)n1. The molecule has 1 saturated heterocycles. The van der Waals surface area contributed by atoms with E-state index in [0.29, 0.717) is 6.04 Å². The summed E-state index contributed by atoms with van der Waals surface area (Å²) < 4.78 is 0.890. The molecule has 4 nitrogen and oxygen atoms in total. The summed E-state index contributed by atoms with van der Waals surface area (Å²) in [6, 6.07) is 2.62. The second-order valence-corrected chi connectivity index (χ2v) is 6.17. The second kappa shape index (κ2) is 6.66. The highest BCUT2D eigenvalue weighted by Crippen LogP contribution is 2.22. The van der Waals surface area contributed by atoms with Crippen LogP contribution in [0.25, 0.3) is 0 Å². The van der Waals surface area contributed by atoms with Crippen molar-refractivity contribution in [1.82, 2.24) is 14.9 Å². The molecule has 0 spiro atoms. The maximum absolute atomic E-state index is 4.69. The lowest BCUT2D eigenvalue weighted by Crippen LogP contribution is -2.42. The summed E-state index contributed by atoms with van der Waals surface area (Å²) >= 11 is 3.50. The third kappa shape index (κ3) is 3.89. The van der Waals surface area contributed by atoms with Crippen LogP contribution in [0, 0.1) is 0 Å². The quantitative estimate of drug-likeness (QED) is 0.796. The molecule has 0 aromatic carbocycles. The van der Waals surface area contributed by atoms with Crippen molar-refractivity contribution in [3.05, 3.63) is 16.5 Å². The molecule has 0 N–H and O–H groups in total. The summed E-state index contributed by atoms with van der Waals surface area (Å²) in [7, 11) is 4.34. The monoisotopic (exact) mass is 326 g/mol. The van der Waals surface area contributed by atoms with Crippen molar-refractivity contribution in [2.24, 2.45) is 0 Å². The van der Waals surface area contributed by atoms with Gasteiger partial charge in [0.2, 0.25) is 0 Å². The van der Waals surface area contributed by atoms with E-state index in [2.05, 4.69) is 56.7 Å². The van der Waals surface area contributed by atoms with E-state index in [1.807, 2.05) is 6.07 Å². The Hall–Kier alpha value is -0.680. The molecule has 19 heavy (non-hydrogen) atoms. The van der Waals surface area contributed by atoms with Crippen LogP contribution in [0.2, 0.25) is 0 Å². The third-order valence-electron chi connectivity index (χ3n) is 3.80. The van der Waals surface area contributed by atoms with Gasteiger partial charge < -0.3 is 9.80 Å². The van der Waals surface area contributed by atoms with Crippen molar-refractivity contribution in [3.63, 3.8) is 0 Å². The van der Waals surface area contributed by atoms with Gasteiger partial charge in [0.05, 0.1) is 0 Å². The number of aryl methyl sites for hydroxylation is 1. The number of nitrogens with zero attached hydrogens (tertiary/aromatic N) is 4. The Balaban J connectivity index is 2.11. The lowest BCUT2D eigenvalue weighted by molar-refractivity contribution is 0.252. The zero-order chi connectivity index (χ0) is 13.8. The molecule has 0 unspecified atom stereocenters. The maximum atomic E-state index is 4.69. The molecule has 1 aliphatic rings. The summed E-state index contributed by atoms with van der Waals surface area (Å²) in [6.45, 7) is 4.50. The van der Waals surface area contributed by atoms with Crippen molar-refractivity contribution in [2.45, 2.75) is 38.6 Å². The van der Waals surface area contributed by atoms with Crippen LogP contribution in [0.5, 0.6) is 0 Å². The number of piperidine rings is 1. The Morgan fingerprint density at radius 1 is 1.37 bits per heavy atom. The Bertz CT molecular complexity index is 416. The molecule has 0 saturated carbocycles. The van der Waals surface area contributed by atoms with Gasteiger partial charge in [0.1, 0.15) is 16.2 Å². The molecule has 106 valence electrons. The lowest BCUT2D eigenvalue weighted by atomic mass is 10.0. The van der Waals surface area contributed by atoms with Crippen LogP contribution in [0.1, 0.15) is 32.0 Å². The summed E-state index contributed by atoms with van der Waals surface area (Å²) in [6.07, 6.45) is 4.43. The smallest absolute Gasteiger partial charge is 0.133 e. The van der Waals surface area contributed by atoms with Gasteiger partial charge in [-0.25, -0.2) is 9.97 Å². The number of likely N-dealkylation sites (tertiary alicyclic amines) is 1. The van der Waals surface area contributed by atoms with Crippen molar-refractivity contribution in [3.8, 4) is 0 Å². The molecule has 5 heteroatoms. The predicted octanol–water partition coefficient (Wildman–Crippen LogP) is 2.72. The highest BCUT2D eigenvalue weighted by Gasteiger charge is 2.22. The van der Waals surface area contributed by atoms with Gasteiger partial charge in [0, 0.05) is 25.6 Å². The average Bonchev–Trinajstić information content (AvgIpc) is 2.38. The van der Waals surface area contributed by atoms with E-state index in [-0.39, 0.29) is 0 Å². The van der Waals surface area contributed by atoms with Gasteiger partial charge in [-0.2, -0.15) is 0 Å². The predicted molar refractivity (Wildman–Crippen MR) is 82.6 cm³/mol. The molecule has 1 aliphatic heterocycles. The Kier molecular flexibility index (Phi) is 5.16. The molecule has 2 heterocycles. The minimum Gasteiger partial charge on any atom is -0.356 e. The first-order chi connectivity index (χ1) is 9.10. The largest absolute Gasteiger partial charge is 0.356 e. The van der Waals surface area contributed by atoms with Crippen molar-refractivity contribution in [2.75, 3.05) is 32.1 Å². The summed E-state index contributed by atoms with van der Waals surface area (Å²) in [5.41, 5.74) is 0. The zero-order valence-electron chi connectivity index (χ0n) is 12.1. The van der Waals surface area contributed by atoms with Crippen LogP contribution in [0.4, 0.5) is 5.82 Å². The minimum absolute atomic E-state index is 0.590. The van der Waals surface area contributed by atoms with Gasteiger partial charge in [-0.15, -0.1) is 0 Å². The van der Waals surface area contributed by atoms with Gasteiger partial charge >= 0.3 is 0 Å². The molecular formula is C14H23BrN4. The van der Waals surface area contributed by atoms with E-state index in [0.717, 1.165) is 29.1 Å². The van der Waals surface area contributed by atoms with Gasteiger partial charge in [-0.1, -0.05) is 6.92 Å². The maximum Gasteiger partial charge on any atom is 0.133 e. The van der Waals surface area contributed by atoms with E-state index in [9.17, 15) is 0 Å². The molecule has 1 aromatic rings. The highest BCUT2D eigenvalue weighted by atomic mass is 79.9. The third-order valence-corrected chi connectivity index (χ3v) is 4.20. The van der Waals surface area contributed by atoms with Crippen LogP contribution in [0.15, 0.2) is 10.7 Å². The van der Waals surface area contributed by atoms with Crippen LogP contribution < -0.4 is 4.90 Å². The fourth-order valence-electron chi connectivity index (χ4n) is 2.54. The van der Waals surface area contributed by atoms with Crippen molar-refractivity contribution in [1.29, 1.82) is 0 Å². The normalized spacial score (nSPS) is 17.7. The minimum atomic E-state index is 0.590. The summed E-state index contributed by atoms with van der Waals surface area (Å²) in [5.74, 6) is 1.98. The molecule has 0 atom stereocenters. The van der Waals surface area contributed by atoms with Crippen LogP contribution in [-0.4, -0.2) is 48.1 Å². The first-order valence-corrected chi connectivity index (χ1v) is 7.84. The lowest BCUT2D eigenvalue weighted by Gasteiger charge is -2.35. The van der Waals surface area contributed by atoms with E-state index in [4.69, 9.17) is 0 Å². The number of hydrogen-bond donors (Lipinski definition) is 0.